The van der Waals surface area contributed by atoms with Crippen molar-refractivity contribution >= 4 is 26.3 Å². The number of nitrogens with zero attached hydrogens (tertiary/aromatic N) is 2. The summed E-state index contributed by atoms with van der Waals surface area (Å²) >= 11 is 1.42. The summed E-state index contributed by atoms with van der Waals surface area (Å²) in [5, 5.41) is 10.1. The molecule has 0 aromatic carbocycles. The zero-order chi connectivity index (χ0) is 14.8. The van der Waals surface area contributed by atoms with E-state index in [1.807, 2.05) is 32.7 Å². The van der Waals surface area contributed by atoms with Gasteiger partial charge in [-0.1, -0.05) is 32.1 Å². The van der Waals surface area contributed by atoms with E-state index in [9.17, 15) is 13.5 Å². The Balaban J connectivity index is 2.93. The molecule has 19 heavy (non-hydrogen) atoms. The minimum absolute atomic E-state index is 0.0375. The maximum atomic E-state index is 11.2. The van der Waals surface area contributed by atoms with Crippen LogP contribution < -0.4 is 4.90 Å². The number of hydrogen-bond acceptors (Lipinski definition) is 6. The van der Waals surface area contributed by atoms with Gasteiger partial charge in [0.2, 0.25) is 0 Å². The Bertz CT molecular complexity index is 530. The Morgan fingerprint density at radius 1 is 1.37 bits per heavy atom. The van der Waals surface area contributed by atoms with E-state index < -0.39 is 9.84 Å². The first-order valence-electron chi connectivity index (χ1n) is 6.04. The van der Waals surface area contributed by atoms with Crippen molar-refractivity contribution in [1.29, 1.82) is 0 Å². The average molecular weight is 306 g/mol. The molecule has 0 amide bonds. The van der Waals surface area contributed by atoms with E-state index in [0.29, 0.717) is 6.54 Å². The summed E-state index contributed by atoms with van der Waals surface area (Å²) in [4.78, 5) is 7.20. The summed E-state index contributed by atoms with van der Waals surface area (Å²) in [6.45, 7) is 6.50. The molecule has 0 spiro atoms. The normalized spacial score (nSPS) is 12.7. The SMILES string of the molecule is CN(CCS(C)(=O)=O)c1nc(C(C)(C)C)c(CO)s1. The number of sulfone groups is 1. The van der Waals surface area contributed by atoms with E-state index in [-0.39, 0.29) is 17.8 Å². The Morgan fingerprint density at radius 3 is 2.32 bits per heavy atom. The van der Waals surface area contributed by atoms with Crippen LogP contribution in [0.2, 0.25) is 0 Å². The zero-order valence-electron chi connectivity index (χ0n) is 12.1. The van der Waals surface area contributed by atoms with Crippen LogP contribution in [0.3, 0.4) is 0 Å². The molecule has 1 aromatic rings. The van der Waals surface area contributed by atoms with Gasteiger partial charge in [0, 0.05) is 25.3 Å². The second-order valence-electron chi connectivity index (χ2n) is 5.73. The predicted octanol–water partition coefficient (Wildman–Crippen LogP) is 1.41. The minimum Gasteiger partial charge on any atom is -0.391 e. The lowest BCUT2D eigenvalue weighted by Crippen LogP contribution is -2.25. The first-order chi connectivity index (χ1) is 8.54. The quantitative estimate of drug-likeness (QED) is 0.891. The zero-order valence-corrected chi connectivity index (χ0v) is 13.7. The Morgan fingerprint density at radius 2 is 1.95 bits per heavy atom. The minimum atomic E-state index is -2.98. The molecule has 5 nitrogen and oxygen atoms in total. The average Bonchev–Trinajstić information content (AvgIpc) is 2.68. The molecule has 1 heterocycles. The molecule has 7 heteroatoms. The highest BCUT2D eigenvalue weighted by molar-refractivity contribution is 7.90. The number of aliphatic hydroxyl groups is 1. The summed E-state index contributed by atoms with van der Waals surface area (Å²) < 4.78 is 22.3. The molecule has 1 N–H and O–H groups in total. The smallest absolute Gasteiger partial charge is 0.185 e. The number of aromatic nitrogens is 1. The van der Waals surface area contributed by atoms with E-state index in [1.54, 1.807) is 0 Å². The van der Waals surface area contributed by atoms with Gasteiger partial charge in [-0.3, -0.25) is 0 Å². The van der Waals surface area contributed by atoms with Crippen molar-refractivity contribution in [2.24, 2.45) is 0 Å². The molecule has 0 unspecified atom stereocenters. The van der Waals surface area contributed by atoms with E-state index in [1.165, 1.54) is 17.6 Å². The highest BCUT2D eigenvalue weighted by atomic mass is 32.2. The third-order valence-electron chi connectivity index (χ3n) is 2.66. The van der Waals surface area contributed by atoms with Crippen molar-refractivity contribution in [2.75, 3.05) is 30.5 Å². The molecular weight excluding hydrogens is 284 g/mol. The molecule has 0 fully saturated rings. The molecule has 0 radical (unpaired) electrons. The maximum Gasteiger partial charge on any atom is 0.185 e. The lowest BCUT2D eigenvalue weighted by molar-refractivity contribution is 0.282. The van der Waals surface area contributed by atoms with Crippen LogP contribution in [0.1, 0.15) is 31.3 Å². The standard InChI is InChI=1S/C12H22N2O3S2/c1-12(2,3)10-9(8-15)18-11(13-10)14(4)6-7-19(5,16)17/h15H,6-8H2,1-5H3. The van der Waals surface area contributed by atoms with Crippen LogP contribution in [0, 0.1) is 0 Å². The Labute approximate surface area is 119 Å². The van der Waals surface area contributed by atoms with Crippen molar-refractivity contribution in [2.45, 2.75) is 32.8 Å². The van der Waals surface area contributed by atoms with E-state index in [4.69, 9.17) is 0 Å². The predicted molar refractivity (Wildman–Crippen MR) is 79.7 cm³/mol. The van der Waals surface area contributed by atoms with E-state index in [2.05, 4.69) is 4.98 Å². The fraction of sp³-hybridized carbons (Fsp3) is 0.750. The number of aliphatic hydroxyl groups excluding tert-OH is 1. The van der Waals surface area contributed by atoms with Gasteiger partial charge in [0.15, 0.2) is 5.13 Å². The molecule has 0 aliphatic carbocycles. The molecule has 0 aliphatic heterocycles. The van der Waals surface area contributed by atoms with Crippen molar-refractivity contribution in [3.8, 4) is 0 Å². The highest BCUT2D eigenvalue weighted by Gasteiger charge is 2.24. The second kappa shape index (κ2) is 5.76. The van der Waals surface area contributed by atoms with Crippen LogP contribution in [0.15, 0.2) is 0 Å². The van der Waals surface area contributed by atoms with Gasteiger partial charge in [0.25, 0.3) is 0 Å². The van der Waals surface area contributed by atoms with Gasteiger partial charge in [-0.15, -0.1) is 0 Å². The molecule has 0 bridgehead atoms. The lowest BCUT2D eigenvalue weighted by Gasteiger charge is -2.17. The third-order valence-corrected chi connectivity index (χ3v) is 4.74. The molecule has 0 saturated heterocycles. The van der Waals surface area contributed by atoms with Crippen molar-refractivity contribution in [3.05, 3.63) is 10.6 Å². The summed E-state index contributed by atoms with van der Waals surface area (Å²) in [7, 11) is -1.16. The molecule has 110 valence electrons. The summed E-state index contributed by atoms with van der Waals surface area (Å²) in [6, 6.07) is 0. The third kappa shape index (κ3) is 4.74. The van der Waals surface area contributed by atoms with Crippen molar-refractivity contribution < 1.29 is 13.5 Å². The van der Waals surface area contributed by atoms with E-state index >= 15 is 0 Å². The van der Waals surface area contributed by atoms with Crippen LogP contribution in [0.5, 0.6) is 0 Å². The lowest BCUT2D eigenvalue weighted by atomic mass is 9.91. The Kier molecular flexibility index (Phi) is 4.97. The van der Waals surface area contributed by atoms with Crippen molar-refractivity contribution in [3.63, 3.8) is 0 Å². The van der Waals surface area contributed by atoms with Crippen LogP contribution >= 0.6 is 11.3 Å². The van der Waals surface area contributed by atoms with Crippen molar-refractivity contribution in [1.82, 2.24) is 4.98 Å². The van der Waals surface area contributed by atoms with Gasteiger partial charge in [0.05, 0.1) is 22.9 Å². The van der Waals surface area contributed by atoms with Crippen LogP contribution in [-0.4, -0.2) is 44.1 Å². The van der Waals surface area contributed by atoms with Gasteiger partial charge in [-0.2, -0.15) is 0 Å². The number of anilines is 1. The molecule has 0 atom stereocenters. The monoisotopic (exact) mass is 306 g/mol. The first kappa shape index (κ1) is 16.4. The van der Waals surface area contributed by atoms with Gasteiger partial charge in [0.1, 0.15) is 9.84 Å². The number of hydrogen-bond donors (Lipinski definition) is 1. The fourth-order valence-corrected chi connectivity index (χ4v) is 3.32. The summed E-state index contributed by atoms with van der Waals surface area (Å²) in [5.74, 6) is 0.0996. The maximum absolute atomic E-state index is 11.2. The molecule has 0 saturated carbocycles. The highest BCUT2D eigenvalue weighted by Crippen LogP contribution is 2.33. The van der Waals surface area contributed by atoms with E-state index in [0.717, 1.165) is 15.7 Å². The second-order valence-corrected chi connectivity index (χ2v) is 9.05. The van der Waals surface area contributed by atoms with Gasteiger partial charge >= 0.3 is 0 Å². The molecule has 1 rings (SSSR count). The Hall–Kier alpha value is -0.660. The first-order valence-corrected chi connectivity index (χ1v) is 8.92. The summed E-state index contributed by atoms with van der Waals surface area (Å²) in [6.07, 6.45) is 1.22. The van der Waals surface area contributed by atoms with Gasteiger partial charge in [-0.25, -0.2) is 13.4 Å². The summed E-state index contributed by atoms with van der Waals surface area (Å²) in [5.41, 5.74) is 0.742. The van der Waals surface area contributed by atoms with Crippen LogP contribution in [-0.2, 0) is 21.9 Å². The van der Waals surface area contributed by atoms with Crippen LogP contribution in [0.25, 0.3) is 0 Å². The van der Waals surface area contributed by atoms with Gasteiger partial charge in [-0.05, 0) is 0 Å². The number of thiazole rings is 1. The molecular formula is C12H22N2O3S2. The fourth-order valence-electron chi connectivity index (χ4n) is 1.59. The van der Waals surface area contributed by atoms with Crippen LogP contribution in [0.4, 0.5) is 5.13 Å². The van der Waals surface area contributed by atoms with Gasteiger partial charge < -0.3 is 10.0 Å². The molecule has 0 aliphatic rings. The number of rotatable bonds is 5. The molecule has 1 aromatic heterocycles. The topological polar surface area (TPSA) is 70.5 Å². The largest absolute Gasteiger partial charge is 0.391 e.